The van der Waals surface area contributed by atoms with Crippen molar-refractivity contribution >= 4 is 32.5 Å². The number of ether oxygens (including phenoxy) is 1. The van der Waals surface area contributed by atoms with Gasteiger partial charge in [-0.15, -0.1) is 0 Å². The molecule has 158 valence electrons. The molecule has 0 aliphatic heterocycles. The van der Waals surface area contributed by atoms with Gasteiger partial charge < -0.3 is 10.1 Å². The fourth-order valence-corrected chi connectivity index (χ4v) is 4.28. The summed E-state index contributed by atoms with van der Waals surface area (Å²) in [5, 5.41) is 3.26. The molecule has 2 N–H and O–H groups in total. The van der Waals surface area contributed by atoms with Gasteiger partial charge in [0.05, 0.1) is 22.6 Å². The fraction of sp³-hybridized carbons (Fsp3) is 0.238. The van der Waals surface area contributed by atoms with Crippen molar-refractivity contribution in [3.63, 3.8) is 0 Å². The smallest absolute Gasteiger partial charge is 0.256 e. The third-order valence-electron chi connectivity index (χ3n) is 4.34. The van der Waals surface area contributed by atoms with Crippen LogP contribution in [0.3, 0.4) is 0 Å². The van der Waals surface area contributed by atoms with Crippen LogP contribution in [0.1, 0.15) is 23.0 Å². The molecular formula is C21H22FN3O4S. The number of hydrogen-bond acceptors (Lipinski definition) is 5. The molecule has 0 fully saturated rings. The average molecular weight is 431 g/mol. The number of benzene rings is 2. The molecule has 0 radical (unpaired) electrons. The van der Waals surface area contributed by atoms with Crippen molar-refractivity contribution in [1.82, 2.24) is 9.71 Å². The lowest BCUT2D eigenvalue weighted by Crippen LogP contribution is -2.35. The molecule has 0 aliphatic rings. The first kappa shape index (κ1) is 21.8. The zero-order valence-corrected chi connectivity index (χ0v) is 17.6. The van der Waals surface area contributed by atoms with E-state index in [9.17, 15) is 17.6 Å². The highest BCUT2D eigenvalue weighted by atomic mass is 32.2. The molecule has 0 saturated carbocycles. The number of halogens is 1. The van der Waals surface area contributed by atoms with E-state index in [4.69, 9.17) is 4.74 Å². The van der Waals surface area contributed by atoms with Gasteiger partial charge in [-0.05, 0) is 56.3 Å². The molecule has 1 unspecified atom stereocenters. The Bertz CT molecular complexity index is 1180. The van der Waals surface area contributed by atoms with E-state index in [2.05, 4.69) is 15.0 Å². The minimum atomic E-state index is -3.70. The van der Waals surface area contributed by atoms with Gasteiger partial charge in [-0.3, -0.25) is 9.78 Å². The number of carbonyl (C=O) groups is 1. The zero-order valence-electron chi connectivity index (χ0n) is 16.8. The monoisotopic (exact) mass is 431 g/mol. The normalized spacial score (nSPS) is 12.7. The molecule has 0 aliphatic carbocycles. The van der Waals surface area contributed by atoms with Crippen LogP contribution >= 0.6 is 0 Å². The maximum Gasteiger partial charge on any atom is 0.256 e. The Hall–Kier alpha value is -2.88. The van der Waals surface area contributed by atoms with Crippen LogP contribution < -0.4 is 10.0 Å². The van der Waals surface area contributed by atoms with Crippen LogP contribution in [0.5, 0.6) is 0 Å². The summed E-state index contributed by atoms with van der Waals surface area (Å²) >= 11 is 0. The topological polar surface area (TPSA) is 97.4 Å². The lowest BCUT2D eigenvalue weighted by Gasteiger charge is -2.14. The van der Waals surface area contributed by atoms with Crippen LogP contribution in [-0.4, -0.2) is 39.1 Å². The third-order valence-corrected chi connectivity index (χ3v) is 5.95. The number of nitrogens with zero attached hydrogens (tertiary/aromatic N) is 1. The number of rotatable bonds is 7. The third kappa shape index (κ3) is 4.99. The average Bonchev–Trinajstić information content (AvgIpc) is 2.67. The van der Waals surface area contributed by atoms with Gasteiger partial charge in [-0.1, -0.05) is 0 Å². The van der Waals surface area contributed by atoms with E-state index in [0.717, 1.165) is 0 Å². The summed E-state index contributed by atoms with van der Waals surface area (Å²) in [4.78, 5) is 17.1. The molecule has 0 spiro atoms. The lowest BCUT2D eigenvalue weighted by atomic mass is 10.1. The Kier molecular flexibility index (Phi) is 6.45. The highest BCUT2D eigenvalue weighted by molar-refractivity contribution is 7.89. The maximum absolute atomic E-state index is 13.5. The highest BCUT2D eigenvalue weighted by Crippen LogP contribution is 2.22. The number of pyridine rings is 1. The van der Waals surface area contributed by atoms with Gasteiger partial charge in [0, 0.05) is 36.0 Å². The van der Waals surface area contributed by atoms with E-state index in [-0.39, 0.29) is 17.5 Å². The summed E-state index contributed by atoms with van der Waals surface area (Å²) in [6.07, 6.45) is 0. The van der Waals surface area contributed by atoms with Crippen molar-refractivity contribution in [1.29, 1.82) is 0 Å². The molecule has 3 aromatic rings. The molecule has 1 heterocycles. The second-order valence-corrected chi connectivity index (χ2v) is 8.64. The molecular weight excluding hydrogens is 409 g/mol. The van der Waals surface area contributed by atoms with Gasteiger partial charge in [0.15, 0.2) is 0 Å². The van der Waals surface area contributed by atoms with Gasteiger partial charge in [0.1, 0.15) is 5.82 Å². The summed E-state index contributed by atoms with van der Waals surface area (Å²) < 4.78 is 45.7. The molecule has 1 aromatic heterocycles. The molecule has 9 heteroatoms. The predicted octanol–water partition coefficient (Wildman–Crippen LogP) is 3.25. The van der Waals surface area contributed by atoms with E-state index in [1.54, 1.807) is 19.9 Å². The first-order chi connectivity index (χ1) is 14.2. The standard InChI is InChI=1S/C21H22FN3O4S/c1-13-10-19(18-9-4-15(22)11-20(18)23-13)21(26)24-16-5-7-17(8-6-16)30(27,28)25-14(2)12-29-3/h4-11,14,25H,12H2,1-3H3,(H,24,26). The van der Waals surface area contributed by atoms with E-state index in [1.807, 2.05) is 0 Å². The number of aryl methyl sites for hydroxylation is 1. The van der Waals surface area contributed by atoms with E-state index < -0.39 is 21.7 Å². The number of aromatic nitrogens is 1. The number of fused-ring (bicyclic) bond motifs is 1. The number of methoxy groups -OCH3 is 1. The summed E-state index contributed by atoms with van der Waals surface area (Å²) in [5.41, 5.74) is 1.74. The van der Waals surface area contributed by atoms with Crippen LogP contribution in [0.25, 0.3) is 10.9 Å². The maximum atomic E-state index is 13.5. The van der Waals surface area contributed by atoms with Crippen molar-refractivity contribution in [2.75, 3.05) is 19.0 Å². The van der Waals surface area contributed by atoms with Crippen LogP contribution in [0, 0.1) is 12.7 Å². The van der Waals surface area contributed by atoms with Gasteiger partial charge >= 0.3 is 0 Å². The second kappa shape index (κ2) is 8.86. The Labute approximate surface area is 174 Å². The van der Waals surface area contributed by atoms with Crippen molar-refractivity contribution in [3.8, 4) is 0 Å². The fourth-order valence-electron chi connectivity index (χ4n) is 3.05. The lowest BCUT2D eigenvalue weighted by molar-refractivity contribution is 0.102. The van der Waals surface area contributed by atoms with Crippen molar-refractivity contribution in [2.24, 2.45) is 0 Å². The van der Waals surface area contributed by atoms with E-state index in [0.29, 0.717) is 27.8 Å². The summed E-state index contributed by atoms with van der Waals surface area (Å²) in [7, 11) is -2.21. The first-order valence-corrected chi connectivity index (χ1v) is 10.7. The molecule has 0 saturated heterocycles. The largest absolute Gasteiger partial charge is 0.383 e. The SMILES string of the molecule is COCC(C)NS(=O)(=O)c1ccc(NC(=O)c2cc(C)nc3cc(F)ccc23)cc1. The number of carbonyl (C=O) groups excluding carboxylic acids is 1. The highest BCUT2D eigenvalue weighted by Gasteiger charge is 2.18. The van der Waals surface area contributed by atoms with E-state index >= 15 is 0 Å². The molecule has 30 heavy (non-hydrogen) atoms. The van der Waals surface area contributed by atoms with Gasteiger partial charge in [-0.25, -0.2) is 17.5 Å². The van der Waals surface area contributed by atoms with Crippen LogP contribution in [0.15, 0.2) is 53.4 Å². The van der Waals surface area contributed by atoms with Crippen LogP contribution in [0.4, 0.5) is 10.1 Å². The predicted molar refractivity (Wildman–Crippen MR) is 112 cm³/mol. The zero-order chi connectivity index (χ0) is 21.9. The summed E-state index contributed by atoms with van der Waals surface area (Å²) in [6.45, 7) is 3.66. The van der Waals surface area contributed by atoms with Gasteiger partial charge in [0.25, 0.3) is 5.91 Å². The Balaban J connectivity index is 1.81. The van der Waals surface area contributed by atoms with Gasteiger partial charge in [0.2, 0.25) is 10.0 Å². The van der Waals surface area contributed by atoms with Crippen molar-refractivity contribution in [2.45, 2.75) is 24.8 Å². The minimum Gasteiger partial charge on any atom is -0.383 e. The number of anilines is 1. The van der Waals surface area contributed by atoms with Crippen LogP contribution in [0.2, 0.25) is 0 Å². The molecule has 2 aromatic carbocycles. The molecule has 0 bridgehead atoms. The molecule has 3 rings (SSSR count). The summed E-state index contributed by atoms with van der Waals surface area (Å²) in [6, 6.07) is 11.1. The quantitative estimate of drug-likeness (QED) is 0.599. The molecule has 1 atom stereocenters. The Morgan fingerprint density at radius 1 is 1.17 bits per heavy atom. The number of hydrogen-bond donors (Lipinski definition) is 2. The minimum absolute atomic E-state index is 0.0733. The Morgan fingerprint density at radius 3 is 2.53 bits per heavy atom. The number of nitrogens with one attached hydrogen (secondary N) is 2. The second-order valence-electron chi connectivity index (χ2n) is 6.93. The first-order valence-electron chi connectivity index (χ1n) is 9.19. The van der Waals surface area contributed by atoms with Crippen molar-refractivity contribution < 1.29 is 22.3 Å². The molecule has 7 nitrogen and oxygen atoms in total. The molecule has 1 amide bonds. The van der Waals surface area contributed by atoms with Gasteiger partial charge in [-0.2, -0.15) is 0 Å². The van der Waals surface area contributed by atoms with Crippen LogP contribution in [-0.2, 0) is 14.8 Å². The Morgan fingerprint density at radius 2 is 1.87 bits per heavy atom. The van der Waals surface area contributed by atoms with Crippen molar-refractivity contribution in [3.05, 3.63) is 65.6 Å². The number of amides is 1. The number of sulfonamides is 1. The van der Waals surface area contributed by atoms with E-state index in [1.165, 1.54) is 49.6 Å². The summed E-state index contributed by atoms with van der Waals surface area (Å²) in [5.74, 6) is -0.836.